The smallest absolute Gasteiger partial charge is 0.338 e. The van der Waals surface area contributed by atoms with Gasteiger partial charge in [0.15, 0.2) is 5.78 Å². The molecule has 0 aliphatic heterocycles. The van der Waals surface area contributed by atoms with Gasteiger partial charge < -0.3 is 4.74 Å². The van der Waals surface area contributed by atoms with Gasteiger partial charge >= 0.3 is 5.97 Å². The number of benzene rings is 1. The zero-order valence-corrected chi connectivity index (χ0v) is 11.0. The van der Waals surface area contributed by atoms with Crippen LogP contribution >= 0.6 is 15.9 Å². The van der Waals surface area contributed by atoms with Crippen LogP contribution in [0.15, 0.2) is 18.2 Å². The maximum Gasteiger partial charge on any atom is 0.338 e. The molecule has 1 rings (SSSR count). The first-order valence-electron chi connectivity index (χ1n) is 4.85. The number of hydrogen-bond donors (Lipinski definition) is 0. The molecule has 0 aromatic heterocycles. The standard InChI is InChI=1S/C12H13BrO3/c1-7-9(11(14)8(2)13)5-4-6-10(7)12(15)16-3/h4-6,8H,1-3H3. The Balaban J connectivity index is 3.24. The molecule has 3 nitrogen and oxygen atoms in total. The predicted octanol–water partition coefficient (Wildman–Crippen LogP) is 2.75. The molecule has 1 unspecified atom stereocenters. The predicted molar refractivity (Wildman–Crippen MR) is 65.2 cm³/mol. The molecule has 0 spiro atoms. The summed E-state index contributed by atoms with van der Waals surface area (Å²) in [5.74, 6) is -0.461. The molecule has 16 heavy (non-hydrogen) atoms. The number of rotatable bonds is 3. The first-order valence-corrected chi connectivity index (χ1v) is 5.76. The quantitative estimate of drug-likeness (QED) is 0.487. The number of ketones is 1. The van der Waals surface area contributed by atoms with Gasteiger partial charge in [0.25, 0.3) is 0 Å². The number of carbonyl (C=O) groups is 2. The summed E-state index contributed by atoms with van der Waals surface area (Å²) >= 11 is 3.22. The highest BCUT2D eigenvalue weighted by atomic mass is 79.9. The van der Waals surface area contributed by atoms with E-state index < -0.39 is 5.97 Å². The number of carbonyl (C=O) groups excluding carboxylic acids is 2. The maximum atomic E-state index is 11.8. The van der Waals surface area contributed by atoms with Crippen LogP contribution in [0.25, 0.3) is 0 Å². The molecule has 0 N–H and O–H groups in total. The number of Topliss-reactive ketones (excluding diaryl/α,β-unsaturated/α-hetero) is 1. The lowest BCUT2D eigenvalue weighted by Gasteiger charge is -2.10. The van der Waals surface area contributed by atoms with Crippen LogP contribution in [0.2, 0.25) is 0 Å². The van der Waals surface area contributed by atoms with E-state index in [1.54, 1.807) is 32.0 Å². The monoisotopic (exact) mass is 284 g/mol. The molecule has 0 amide bonds. The van der Waals surface area contributed by atoms with Gasteiger partial charge in [0, 0.05) is 5.56 Å². The van der Waals surface area contributed by atoms with Crippen molar-refractivity contribution in [1.82, 2.24) is 0 Å². The number of hydrogen-bond acceptors (Lipinski definition) is 3. The van der Waals surface area contributed by atoms with Gasteiger partial charge in [-0.25, -0.2) is 4.79 Å². The average molecular weight is 285 g/mol. The molecule has 0 bridgehead atoms. The second-order valence-electron chi connectivity index (χ2n) is 3.45. The van der Waals surface area contributed by atoms with Gasteiger partial charge in [-0.2, -0.15) is 0 Å². The molecule has 1 aromatic carbocycles. The second-order valence-corrected chi connectivity index (χ2v) is 4.82. The molecule has 86 valence electrons. The van der Waals surface area contributed by atoms with E-state index in [4.69, 9.17) is 0 Å². The minimum Gasteiger partial charge on any atom is -0.465 e. The van der Waals surface area contributed by atoms with E-state index in [1.165, 1.54) is 7.11 Å². The van der Waals surface area contributed by atoms with Gasteiger partial charge in [-0.3, -0.25) is 4.79 Å². The molecular formula is C12H13BrO3. The van der Waals surface area contributed by atoms with Crippen LogP contribution in [0.1, 0.15) is 33.2 Å². The highest BCUT2D eigenvalue weighted by Crippen LogP contribution is 2.18. The van der Waals surface area contributed by atoms with Crippen molar-refractivity contribution in [2.75, 3.05) is 7.11 Å². The molecule has 4 heteroatoms. The summed E-state index contributed by atoms with van der Waals surface area (Å²) in [6.07, 6.45) is 0. The average Bonchev–Trinajstić information content (AvgIpc) is 2.27. The Kier molecular flexibility index (Phi) is 4.24. The van der Waals surface area contributed by atoms with Crippen molar-refractivity contribution >= 4 is 27.7 Å². The maximum absolute atomic E-state index is 11.8. The van der Waals surface area contributed by atoms with Crippen molar-refractivity contribution in [2.24, 2.45) is 0 Å². The minimum absolute atomic E-state index is 0.0387. The van der Waals surface area contributed by atoms with Gasteiger partial charge in [0.2, 0.25) is 0 Å². The Hall–Kier alpha value is -1.16. The van der Waals surface area contributed by atoms with Crippen LogP contribution in [0, 0.1) is 6.92 Å². The minimum atomic E-state index is -0.422. The van der Waals surface area contributed by atoms with Crippen LogP contribution in [0.5, 0.6) is 0 Å². The Morgan fingerprint density at radius 1 is 1.31 bits per heavy atom. The van der Waals surface area contributed by atoms with Gasteiger partial charge in [-0.05, 0) is 25.5 Å². The highest BCUT2D eigenvalue weighted by molar-refractivity contribution is 9.10. The highest BCUT2D eigenvalue weighted by Gasteiger charge is 2.18. The van der Waals surface area contributed by atoms with Crippen molar-refractivity contribution in [3.05, 3.63) is 34.9 Å². The summed E-state index contributed by atoms with van der Waals surface area (Å²) in [6, 6.07) is 5.04. The van der Waals surface area contributed by atoms with E-state index in [9.17, 15) is 9.59 Å². The normalized spacial score (nSPS) is 12.0. The lowest BCUT2D eigenvalue weighted by atomic mass is 9.98. The van der Waals surface area contributed by atoms with Gasteiger partial charge in [0.05, 0.1) is 17.5 Å². The lowest BCUT2D eigenvalue weighted by molar-refractivity contribution is 0.0600. The van der Waals surface area contributed by atoms with Crippen LogP contribution in [-0.4, -0.2) is 23.7 Å². The molecular weight excluding hydrogens is 272 g/mol. The van der Waals surface area contributed by atoms with E-state index >= 15 is 0 Å². The lowest BCUT2D eigenvalue weighted by Crippen LogP contribution is -2.14. The summed E-state index contributed by atoms with van der Waals surface area (Å²) in [5.41, 5.74) is 1.64. The molecule has 0 aliphatic rings. The number of alkyl halides is 1. The molecule has 0 radical (unpaired) electrons. The van der Waals surface area contributed by atoms with Crippen LogP contribution in [0.3, 0.4) is 0 Å². The van der Waals surface area contributed by atoms with E-state index in [0.717, 1.165) is 0 Å². The first kappa shape index (κ1) is 12.9. The molecule has 0 heterocycles. The summed E-state index contributed by atoms with van der Waals surface area (Å²) in [6.45, 7) is 3.50. The topological polar surface area (TPSA) is 43.4 Å². The fourth-order valence-corrected chi connectivity index (χ4v) is 1.69. The van der Waals surface area contributed by atoms with Crippen molar-refractivity contribution in [2.45, 2.75) is 18.7 Å². The van der Waals surface area contributed by atoms with Gasteiger partial charge in [-0.15, -0.1) is 0 Å². The van der Waals surface area contributed by atoms with Crippen LogP contribution in [-0.2, 0) is 4.74 Å². The van der Waals surface area contributed by atoms with E-state index in [2.05, 4.69) is 20.7 Å². The zero-order valence-electron chi connectivity index (χ0n) is 9.41. The van der Waals surface area contributed by atoms with Crippen molar-refractivity contribution in [3.63, 3.8) is 0 Å². The van der Waals surface area contributed by atoms with Gasteiger partial charge in [0.1, 0.15) is 0 Å². The van der Waals surface area contributed by atoms with Crippen LogP contribution in [0.4, 0.5) is 0 Å². The first-order chi connectivity index (χ1) is 7.49. The molecule has 0 aliphatic carbocycles. The fourth-order valence-electron chi connectivity index (χ4n) is 1.45. The molecule has 1 aromatic rings. The summed E-state index contributed by atoms with van der Waals surface area (Å²) in [7, 11) is 1.32. The Labute approximate surface area is 103 Å². The number of methoxy groups -OCH3 is 1. The summed E-state index contributed by atoms with van der Waals surface area (Å²) in [5, 5.41) is 0. The van der Waals surface area contributed by atoms with E-state index in [0.29, 0.717) is 16.7 Å². The van der Waals surface area contributed by atoms with E-state index in [-0.39, 0.29) is 10.6 Å². The Morgan fingerprint density at radius 2 is 1.88 bits per heavy atom. The van der Waals surface area contributed by atoms with Crippen molar-refractivity contribution < 1.29 is 14.3 Å². The molecule has 0 fully saturated rings. The molecule has 1 atom stereocenters. The SMILES string of the molecule is COC(=O)c1cccc(C(=O)C(C)Br)c1C. The summed E-state index contributed by atoms with van der Waals surface area (Å²) < 4.78 is 4.65. The Bertz CT molecular complexity index is 424. The third-order valence-electron chi connectivity index (χ3n) is 2.37. The zero-order chi connectivity index (χ0) is 12.3. The van der Waals surface area contributed by atoms with Gasteiger partial charge in [-0.1, -0.05) is 28.1 Å². The molecule has 0 saturated heterocycles. The third-order valence-corrected chi connectivity index (χ3v) is 2.78. The van der Waals surface area contributed by atoms with Crippen LogP contribution < -0.4 is 0 Å². The molecule has 0 saturated carbocycles. The largest absolute Gasteiger partial charge is 0.465 e. The van der Waals surface area contributed by atoms with Crippen molar-refractivity contribution in [1.29, 1.82) is 0 Å². The third kappa shape index (κ3) is 2.50. The number of halogens is 1. The second kappa shape index (κ2) is 5.25. The Morgan fingerprint density at radius 3 is 2.38 bits per heavy atom. The number of esters is 1. The number of ether oxygens (including phenoxy) is 1. The fraction of sp³-hybridized carbons (Fsp3) is 0.333. The van der Waals surface area contributed by atoms with Crippen molar-refractivity contribution in [3.8, 4) is 0 Å². The van der Waals surface area contributed by atoms with E-state index in [1.807, 2.05) is 0 Å². The summed E-state index contributed by atoms with van der Waals surface area (Å²) in [4.78, 5) is 23.0.